The summed E-state index contributed by atoms with van der Waals surface area (Å²) < 4.78 is 0. The van der Waals surface area contributed by atoms with Crippen molar-refractivity contribution in [1.29, 1.82) is 0 Å². The van der Waals surface area contributed by atoms with Gasteiger partial charge in [0.2, 0.25) is 0 Å². The molecule has 1 saturated heterocycles. The second-order valence-electron chi connectivity index (χ2n) is 3.22. The molecule has 2 heteroatoms. The largest absolute Gasteiger partial charge is 0.303 e. The molecule has 0 amide bonds. The molecule has 1 heterocycles. The number of hydrogen-bond donors (Lipinski definition) is 1. The molecular weight excluding hydrogens is 166 g/mol. The Balaban J connectivity index is 2.29. The van der Waals surface area contributed by atoms with Crippen LogP contribution in [0.2, 0.25) is 0 Å². The summed E-state index contributed by atoms with van der Waals surface area (Å²) in [5, 5.41) is 3.41. The van der Waals surface area contributed by atoms with Crippen LogP contribution in [0.1, 0.15) is 19.8 Å². The molecule has 1 rings (SSSR count). The monoisotopic (exact) mass is 183 g/mol. The van der Waals surface area contributed by atoms with Gasteiger partial charge in [0.25, 0.3) is 0 Å². The van der Waals surface area contributed by atoms with Crippen molar-refractivity contribution in [3.05, 3.63) is 0 Å². The maximum absolute atomic E-state index is 5.47. The Hall–Kier alpha value is -0.130. The zero-order valence-electron chi connectivity index (χ0n) is 7.68. The van der Waals surface area contributed by atoms with Crippen molar-refractivity contribution in [3.63, 3.8) is 0 Å². The van der Waals surface area contributed by atoms with Crippen molar-refractivity contribution in [2.75, 3.05) is 18.1 Å². The molecule has 0 aliphatic carbocycles. The second kappa shape index (κ2) is 5.50. The summed E-state index contributed by atoms with van der Waals surface area (Å²) >= 11 is 2.02. The van der Waals surface area contributed by atoms with Gasteiger partial charge in [0.05, 0.1) is 6.04 Å². The van der Waals surface area contributed by atoms with Crippen LogP contribution in [0.25, 0.3) is 0 Å². The van der Waals surface area contributed by atoms with E-state index in [-0.39, 0.29) is 0 Å². The highest BCUT2D eigenvalue weighted by molar-refractivity contribution is 7.99. The van der Waals surface area contributed by atoms with E-state index in [0.717, 1.165) is 13.0 Å². The maximum Gasteiger partial charge on any atom is 0.0723 e. The summed E-state index contributed by atoms with van der Waals surface area (Å²) in [5.41, 5.74) is 0. The van der Waals surface area contributed by atoms with E-state index in [1.54, 1.807) is 0 Å². The molecule has 0 saturated carbocycles. The van der Waals surface area contributed by atoms with Gasteiger partial charge in [-0.3, -0.25) is 0 Å². The smallest absolute Gasteiger partial charge is 0.0723 e. The Bertz CT molecular complexity index is 156. The molecule has 0 spiro atoms. The summed E-state index contributed by atoms with van der Waals surface area (Å²) in [7, 11) is 0. The standard InChI is InChI=1S/C10H17NS/c1-3-6-11-10(4-2)9-5-7-12-8-9/h2,9-11H,3,5-8H2,1H3. The van der Waals surface area contributed by atoms with Gasteiger partial charge in [0.1, 0.15) is 0 Å². The van der Waals surface area contributed by atoms with Crippen molar-refractivity contribution in [2.45, 2.75) is 25.8 Å². The van der Waals surface area contributed by atoms with Crippen LogP contribution in [0.15, 0.2) is 0 Å². The SMILES string of the molecule is C#CC(NCCC)C1CCSC1. The molecule has 1 nitrogen and oxygen atoms in total. The molecule has 2 atom stereocenters. The quantitative estimate of drug-likeness (QED) is 0.666. The third-order valence-electron chi connectivity index (χ3n) is 2.23. The van der Waals surface area contributed by atoms with Crippen molar-refractivity contribution in [3.8, 4) is 12.3 Å². The molecule has 1 fully saturated rings. The zero-order valence-corrected chi connectivity index (χ0v) is 8.49. The van der Waals surface area contributed by atoms with Gasteiger partial charge in [-0.15, -0.1) is 6.42 Å². The van der Waals surface area contributed by atoms with E-state index < -0.39 is 0 Å². The summed E-state index contributed by atoms with van der Waals surface area (Å²) in [5.74, 6) is 6.10. The van der Waals surface area contributed by atoms with Crippen LogP contribution in [-0.4, -0.2) is 24.1 Å². The average Bonchev–Trinajstić information content (AvgIpc) is 2.59. The van der Waals surface area contributed by atoms with Crippen LogP contribution in [0.5, 0.6) is 0 Å². The topological polar surface area (TPSA) is 12.0 Å². The minimum Gasteiger partial charge on any atom is -0.303 e. The lowest BCUT2D eigenvalue weighted by atomic mass is 10.00. The maximum atomic E-state index is 5.47. The van der Waals surface area contributed by atoms with Crippen molar-refractivity contribution in [1.82, 2.24) is 5.32 Å². The zero-order chi connectivity index (χ0) is 8.81. The lowest BCUT2D eigenvalue weighted by Gasteiger charge is -2.18. The first-order valence-corrected chi connectivity index (χ1v) is 5.81. The minimum atomic E-state index is 0.319. The van der Waals surface area contributed by atoms with E-state index in [1.165, 1.54) is 17.9 Å². The minimum absolute atomic E-state index is 0.319. The van der Waals surface area contributed by atoms with Gasteiger partial charge >= 0.3 is 0 Å². The van der Waals surface area contributed by atoms with Gasteiger partial charge in [-0.1, -0.05) is 12.8 Å². The molecule has 2 unspecified atom stereocenters. The number of rotatable bonds is 4. The fraction of sp³-hybridized carbons (Fsp3) is 0.800. The highest BCUT2D eigenvalue weighted by atomic mass is 32.2. The first-order valence-electron chi connectivity index (χ1n) is 4.65. The molecule has 68 valence electrons. The Labute approximate surface area is 79.7 Å². The first-order chi connectivity index (χ1) is 5.88. The van der Waals surface area contributed by atoms with Gasteiger partial charge in [-0.25, -0.2) is 0 Å². The van der Waals surface area contributed by atoms with E-state index in [2.05, 4.69) is 18.2 Å². The number of hydrogen-bond acceptors (Lipinski definition) is 2. The average molecular weight is 183 g/mol. The lowest BCUT2D eigenvalue weighted by Crippen LogP contribution is -2.35. The normalized spacial score (nSPS) is 25.2. The van der Waals surface area contributed by atoms with Crippen LogP contribution < -0.4 is 5.32 Å². The predicted octanol–water partition coefficient (Wildman–Crippen LogP) is 1.74. The molecule has 0 aromatic heterocycles. The molecule has 1 N–H and O–H groups in total. The van der Waals surface area contributed by atoms with E-state index in [0.29, 0.717) is 12.0 Å². The van der Waals surface area contributed by atoms with Crippen LogP contribution in [0.4, 0.5) is 0 Å². The molecule has 12 heavy (non-hydrogen) atoms. The van der Waals surface area contributed by atoms with Gasteiger partial charge < -0.3 is 5.32 Å². The van der Waals surface area contributed by atoms with Crippen LogP contribution >= 0.6 is 11.8 Å². The molecule has 1 aliphatic rings. The van der Waals surface area contributed by atoms with E-state index >= 15 is 0 Å². The molecule has 0 aromatic carbocycles. The van der Waals surface area contributed by atoms with E-state index in [9.17, 15) is 0 Å². The van der Waals surface area contributed by atoms with Crippen LogP contribution in [0.3, 0.4) is 0 Å². The fourth-order valence-electron chi connectivity index (χ4n) is 1.48. The Kier molecular flexibility index (Phi) is 4.57. The van der Waals surface area contributed by atoms with Gasteiger partial charge in [-0.05, 0) is 36.8 Å². The van der Waals surface area contributed by atoms with Crippen LogP contribution in [0, 0.1) is 18.3 Å². The fourth-order valence-corrected chi connectivity index (χ4v) is 2.78. The third kappa shape index (κ3) is 2.73. The Morgan fingerprint density at radius 1 is 1.75 bits per heavy atom. The van der Waals surface area contributed by atoms with E-state index in [4.69, 9.17) is 6.42 Å². The number of thioether (sulfide) groups is 1. The summed E-state index contributed by atoms with van der Waals surface area (Å²) in [6, 6.07) is 0.319. The molecule has 1 aliphatic heterocycles. The second-order valence-corrected chi connectivity index (χ2v) is 4.37. The highest BCUT2D eigenvalue weighted by Gasteiger charge is 2.22. The molecule has 0 aromatic rings. The van der Waals surface area contributed by atoms with Crippen molar-refractivity contribution < 1.29 is 0 Å². The molecule has 0 radical (unpaired) electrons. The van der Waals surface area contributed by atoms with Crippen molar-refractivity contribution >= 4 is 11.8 Å². The highest BCUT2D eigenvalue weighted by Crippen LogP contribution is 2.25. The first kappa shape index (κ1) is 9.95. The molecular formula is C10H17NS. The Morgan fingerprint density at radius 2 is 2.58 bits per heavy atom. The number of nitrogens with one attached hydrogen (secondary N) is 1. The van der Waals surface area contributed by atoms with Gasteiger partial charge in [0.15, 0.2) is 0 Å². The summed E-state index contributed by atoms with van der Waals surface area (Å²) in [6.45, 7) is 3.22. The Morgan fingerprint density at radius 3 is 3.08 bits per heavy atom. The van der Waals surface area contributed by atoms with Crippen molar-refractivity contribution in [2.24, 2.45) is 5.92 Å². The summed E-state index contributed by atoms with van der Waals surface area (Å²) in [4.78, 5) is 0. The van der Waals surface area contributed by atoms with E-state index in [1.807, 2.05) is 11.8 Å². The predicted molar refractivity (Wildman–Crippen MR) is 56.3 cm³/mol. The van der Waals surface area contributed by atoms with Gasteiger partial charge in [-0.2, -0.15) is 11.8 Å². The van der Waals surface area contributed by atoms with Gasteiger partial charge in [0, 0.05) is 0 Å². The molecule has 0 bridgehead atoms. The lowest BCUT2D eigenvalue weighted by molar-refractivity contribution is 0.454. The summed E-state index contributed by atoms with van der Waals surface area (Å²) in [6.07, 6.45) is 7.92. The van der Waals surface area contributed by atoms with Crippen LogP contribution in [-0.2, 0) is 0 Å². The third-order valence-corrected chi connectivity index (χ3v) is 3.42. The number of terminal acetylenes is 1.